The van der Waals surface area contributed by atoms with Gasteiger partial charge in [-0.1, -0.05) is 11.6 Å². The van der Waals surface area contributed by atoms with Crippen LogP contribution in [0.5, 0.6) is 5.75 Å². The van der Waals surface area contributed by atoms with Crippen molar-refractivity contribution in [3.63, 3.8) is 0 Å². The van der Waals surface area contributed by atoms with Gasteiger partial charge in [-0.05, 0) is 37.6 Å². The summed E-state index contributed by atoms with van der Waals surface area (Å²) in [5.41, 5.74) is 0.455. The van der Waals surface area contributed by atoms with Gasteiger partial charge in [-0.3, -0.25) is 4.72 Å². The first-order valence-corrected chi connectivity index (χ1v) is 8.01. The topological polar surface area (TPSA) is 67.4 Å². The highest BCUT2D eigenvalue weighted by Gasteiger charge is 2.27. The van der Waals surface area contributed by atoms with Crippen LogP contribution in [0.1, 0.15) is 12.8 Å². The molecule has 1 aromatic carbocycles. The van der Waals surface area contributed by atoms with E-state index in [1.807, 2.05) is 0 Å². The average Bonchev–Trinajstić information content (AvgIpc) is 2.39. The Labute approximate surface area is 118 Å². The van der Waals surface area contributed by atoms with E-state index in [4.69, 9.17) is 16.3 Å². The molecular weight excluding hydrogens is 288 g/mol. The third kappa shape index (κ3) is 3.52. The van der Waals surface area contributed by atoms with E-state index in [2.05, 4.69) is 10.0 Å². The normalized spacial score (nSPS) is 20.0. The number of ether oxygens (including phenoxy) is 1. The molecule has 5 nitrogen and oxygen atoms in total. The summed E-state index contributed by atoms with van der Waals surface area (Å²) < 4.78 is 32.0. The Kier molecular flexibility index (Phi) is 4.54. The van der Waals surface area contributed by atoms with Crippen LogP contribution in [0.3, 0.4) is 0 Å². The molecule has 1 aliphatic rings. The number of nitrogens with one attached hydrogen (secondary N) is 2. The summed E-state index contributed by atoms with van der Waals surface area (Å²) in [5, 5.41) is 3.07. The fraction of sp³-hybridized carbons (Fsp3) is 0.500. The van der Waals surface area contributed by atoms with Gasteiger partial charge in [-0.2, -0.15) is 0 Å². The highest BCUT2D eigenvalue weighted by atomic mass is 35.5. The summed E-state index contributed by atoms with van der Waals surface area (Å²) in [7, 11) is -1.87. The van der Waals surface area contributed by atoms with Gasteiger partial charge in [-0.15, -0.1) is 0 Å². The number of sulfonamides is 1. The standard InChI is InChI=1S/C12H17ClN2O3S/c1-18-12-5-4-9(7-11(12)13)15-19(16,17)10-3-2-6-14-8-10/h4-5,7,10,14-15H,2-3,6,8H2,1H3. The minimum atomic E-state index is -3.38. The molecule has 0 aromatic heterocycles. The summed E-state index contributed by atoms with van der Waals surface area (Å²) >= 11 is 5.97. The van der Waals surface area contributed by atoms with Crippen molar-refractivity contribution in [1.29, 1.82) is 0 Å². The van der Waals surface area contributed by atoms with Crippen LogP contribution < -0.4 is 14.8 Å². The molecule has 1 aromatic rings. The molecular formula is C12H17ClN2O3S. The summed E-state index contributed by atoms with van der Waals surface area (Å²) in [6.07, 6.45) is 1.54. The second-order valence-corrected chi connectivity index (χ2v) is 6.83. The number of benzene rings is 1. The molecule has 1 fully saturated rings. The van der Waals surface area contributed by atoms with Crippen molar-refractivity contribution in [2.45, 2.75) is 18.1 Å². The Morgan fingerprint density at radius 1 is 1.47 bits per heavy atom. The van der Waals surface area contributed by atoms with Gasteiger partial charge in [0.05, 0.1) is 23.1 Å². The molecule has 1 aliphatic heterocycles. The van der Waals surface area contributed by atoms with Gasteiger partial charge in [0.25, 0.3) is 0 Å². The molecule has 7 heteroatoms. The maximum Gasteiger partial charge on any atom is 0.236 e. The Morgan fingerprint density at radius 2 is 2.26 bits per heavy atom. The number of halogens is 1. The molecule has 0 aliphatic carbocycles. The maximum absolute atomic E-state index is 12.2. The van der Waals surface area contributed by atoms with E-state index in [0.717, 1.165) is 13.0 Å². The minimum absolute atomic E-state index is 0.379. The quantitative estimate of drug-likeness (QED) is 0.891. The van der Waals surface area contributed by atoms with Crippen molar-refractivity contribution in [3.05, 3.63) is 23.2 Å². The summed E-state index contributed by atoms with van der Waals surface area (Å²) in [6.45, 7) is 1.36. The first-order valence-electron chi connectivity index (χ1n) is 6.09. The van der Waals surface area contributed by atoms with Crippen LogP contribution in [0, 0.1) is 0 Å². The number of hydrogen-bond donors (Lipinski definition) is 2. The molecule has 2 rings (SSSR count). The van der Waals surface area contributed by atoms with Crippen LogP contribution in [-0.4, -0.2) is 33.9 Å². The van der Waals surface area contributed by atoms with Crippen molar-refractivity contribution < 1.29 is 13.2 Å². The first-order chi connectivity index (χ1) is 9.03. The second kappa shape index (κ2) is 5.98. The molecule has 1 saturated heterocycles. The molecule has 19 heavy (non-hydrogen) atoms. The monoisotopic (exact) mass is 304 g/mol. The maximum atomic E-state index is 12.2. The summed E-state index contributed by atoms with van der Waals surface area (Å²) in [4.78, 5) is 0. The van der Waals surface area contributed by atoms with Crippen molar-refractivity contribution in [1.82, 2.24) is 5.32 Å². The van der Waals surface area contributed by atoms with Crippen LogP contribution in [0.4, 0.5) is 5.69 Å². The van der Waals surface area contributed by atoms with Gasteiger partial charge in [0, 0.05) is 6.54 Å². The van der Waals surface area contributed by atoms with Gasteiger partial charge in [-0.25, -0.2) is 8.42 Å². The van der Waals surface area contributed by atoms with Crippen LogP contribution in [0.25, 0.3) is 0 Å². The molecule has 0 spiro atoms. The second-order valence-electron chi connectivity index (χ2n) is 4.46. The van der Waals surface area contributed by atoms with Crippen molar-refractivity contribution in [2.24, 2.45) is 0 Å². The Hall–Kier alpha value is -0.980. The van der Waals surface area contributed by atoms with E-state index in [-0.39, 0.29) is 0 Å². The number of rotatable bonds is 4. The number of piperidine rings is 1. The van der Waals surface area contributed by atoms with E-state index >= 15 is 0 Å². The molecule has 0 saturated carbocycles. The van der Waals surface area contributed by atoms with Crippen molar-refractivity contribution in [3.8, 4) is 5.75 Å². The number of methoxy groups -OCH3 is 1. The van der Waals surface area contributed by atoms with Crippen LogP contribution >= 0.6 is 11.6 Å². The lowest BCUT2D eigenvalue weighted by Gasteiger charge is -2.23. The zero-order chi connectivity index (χ0) is 13.9. The number of hydrogen-bond acceptors (Lipinski definition) is 4. The smallest absolute Gasteiger partial charge is 0.236 e. The largest absolute Gasteiger partial charge is 0.495 e. The molecule has 106 valence electrons. The summed E-state index contributed by atoms with van der Waals surface area (Å²) in [5.74, 6) is 0.518. The van der Waals surface area contributed by atoms with Gasteiger partial charge >= 0.3 is 0 Å². The van der Waals surface area contributed by atoms with Crippen molar-refractivity contribution >= 4 is 27.3 Å². The van der Waals surface area contributed by atoms with Gasteiger partial charge in [0.1, 0.15) is 5.75 Å². The van der Waals surface area contributed by atoms with Gasteiger partial charge in [0.15, 0.2) is 0 Å². The molecule has 1 heterocycles. The average molecular weight is 305 g/mol. The third-order valence-corrected chi connectivity index (χ3v) is 5.20. The predicted molar refractivity (Wildman–Crippen MR) is 76.4 cm³/mol. The van der Waals surface area contributed by atoms with Crippen LogP contribution in [0.2, 0.25) is 5.02 Å². The lowest BCUT2D eigenvalue weighted by Crippen LogP contribution is -2.41. The Bertz CT molecular complexity index is 542. The van der Waals surface area contributed by atoms with Crippen LogP contribution in [-0.2, 0) is 10.0 Å². The van der Waals surface area contributed by atoms with E-state index in [1.54, 1.807) is 18.2 Å². The molecule has 0 bridgehead atoms. The zero-order valence-electron chi connectivity index (χ0n) is 10.6. The van der Waals surface area contributed by atoms with E-state index in [0.29, 0.717) is 29.4 Å². The fourth-order valence-electron chi connectivity index (χ4n) is 2.06. The lowest BCUT2D eigenvalue weighted by atomic mass is 10.2. The van der Waals surface area contributed by atoms with Crippen molar-refractivity contribution in [2.75, 3.05) is 24.9 Å². The Balaban J connectivity index is 2.13. The molecule has 0 amide bonds. The third-order valence-electron chi connectivity index (χ3n) is 3.10. The van der Waals surface area contributed by atoms with Gasteiger partial charge < -0.3 is 10.1 Å². The van der Waals surface area contributed by atoms with E-state index in [1.165, 1.54) is 7.11 Å². The highest BCUT2D eigenvalue weighted by Crippen LogP contribution is 2.28. The molecule has 1 unspecified atom stereocenters. The zero-order valence-corrected chi connectivity index (χ0v) is 12.2. The van der Waals surface area contributed by atoms with E-state index < -0.39 is 15.3 Å². The highest BCUT2D eigenvalue weighted by molar-refractivity contribution is 7.93. The first kappa shape index (κ1) is 14.4. The fourth-order valence-corrected chi connectivity index (χ4v) is 3.76. The number of anilines is 1. The van der Waals surface area contributed by atoms with Crippen LogP contribution in [0.15, 0.2) is 18.2 Å². The molecule has 0 radical (unpaired) electrons. The molecule has 1 atom stereocenters. The van der Waals surface area contributed by atoms with E-state index in [9.17, 15) is 8.42 Å². The SMILES string of the molecule is COc1ccc(NS(=O)(=O)C2CCCNC2)cc1Cl. The predicted octanol–water partition coefficient (Wildman–Crippen LogP) is 1.84. The van der Waals surface area contributed by atoms with Gasteiger partial charge in [0.2, 0.25) is 10.0 Å². The Morgan fingerprint density at radius 3 is 2.84 bits per heavy atom. The summed E-state index contributed by atoms with van der Waals surface area (Å²) in [6, 6.07) is 4.83. The molecule has 2 N–H and O–H groups in total. The lowest BCUT2D eigenvalue weighted by molar-refractivity contribution is 0.415. The minimum Gasteiger partial charge on any atom is -0.495 e.